The minimum atomic E-state index is -1.30. The second-order valence-electron chi connectivity index (χ2n) is 8.07. The SMILES string of the molecule is C=C1C(=O)O[C@H]2[C@H]1[C@H](OC(=O)[C@]1(C)O[C@@H]1C)CC(C=O)=C1C=C[C@](C)(O)[C@@H]12. The lowest BCUT2D eigenvalue weighted by molar-refractivity contribution is -0.159. The summed E-state index contributed by atoms with van der Waals surface area (Å²) in [5, 5.41) is 10.8. The van der Waals surface area contributed by atoms with Crippen LogP contribution in [0, 0.1) is 11.8 Å². The molecule has 0 aromatic carbocycles. The number of fused-ring (bicyclic) bond motifs is 3. The summed E-state index contributed by atoms with van der Waals surface area (Å²) in [6.45, 7) is 8.83. The van der Waals surface area contributed by atoms with Crippen molar-refractivity contribution in [2.24, 2.45) is 11.8 Å². The van der Waals surface area contributed by atoms with Crippen molar-refractivity contribution in [2.75, 3.05) is 0 Å². The van der Waals surface area contributed by atoms with Crippen molar-refractivity contribution in [3.05, 3.63) is 35.5 Å². The van der Waals surface area contributed by atoms with Crippen LogP contribution in [0.3, 0.4) is 0 Å². The Balaban J connectivity index is 1.74. The summed E-state index contributed by atoms with van der Waals surface area (Å²) in [4.78, 5) is 36.6. The summed E-state index contributed by atoms with van der Waals surface area (Å²) in [6, 6.07) is 0. The molecule has 0 unspecified atom stereocenters. The van der Waals surface area contributed by atoms with Gasteiger partial charge in [0.15, 0.2) is 5.60 Å². The van der Waals surface area contributed by atoms with Gasteiger partial charge in [0.25, 0.3) is 0 Å². The minimum absolute atomic E-state index is 0.114. The Morgan fingerprint density at radius 1 is 1.44 bits per heavy atom. The molecular formula is C20H22O7. The zero-order valence-electron chi connectivity index (χ0n) is 15.4. The second kappa shape index (κ2) is 5.62. The fourth-order valence-corrected chi connectivity index (χ4v) is 4.41. The van der Waals surface area contributed by atoms with Crippen LogP contribution < -0.4 is 0 Å². The predicted molar refractivity (Wildman–Crippen MR) is 92.3 cm³/mol. The summed E-state index contributed by atoms with van der Waals surface area (Å²) >= 11 is 0. The van der Waals surface area contributed by atoms with Gasteiger partial charge < -0.3 is 19.3 Å². The van der Waals surface area contributed by atoms with E-state index >= 15 is 0 Å². The lowest BCUT2D eigenvalue weighted by Crippen LogP contribution is -2.44. The molecule has 7 atom stereocenters. The average Bonchev–Trinajstić information content (AvgIpc) is 3.00. The summed E-state index contributed by atoms with van der Waals surface area (Å²) in [7, 11) is 0. The van der Waals surface area contributed by atoms with Crippen LogP contribution >= 0.6 is 0 Å². The third-order valence-corrected chi connectivity index (χ3v) is 6.29. The fourth-order valence-electron chi connectivity index (χ4n) is 4.41. The summed E-state index contributed by atoms with van der Waals surface area (Å²) < 4.78 is 16.6. The summed E-state index contributed by atoms with van der Waals surface area (Å²) in [6.07, 6.45) is 2.25. The maximum absolute atomic E-state index is 12.6. The normalized spacial score (nSPS) is 45.1. The molecule has 2 aliphatic heterocycles. The number of aliphatic hydroxyl groups is 1. The average molecular weight is 374 g/mol. The summed E-state index contributed by atoms with van der Waals surface area (Å²) in [5.41, 5.74) is -1.12. The molecule has 0 aromatic rings. The van der Waals surface area contributed by atoms with E-state index in [2.05, 4.69) is 6.58 Å². The quantitative estimate of drug-likeness (QED) is 0.340. The maximum atomic E-state index is 12.6. The van der Waals surface area contributed by atoms with Crippen LogP contribution in [0.1, 0.15) is 27.2 Å². The monoisotopic (exact) mass is 374 g/mol. The molecule has 0 radical (unpaired) electrons. The first-order valence-electron chi connectivity index (χ1n) is 8.98. The number of rotatable bonds is 3. The van der Waals surface area contributed by atoms with Crippen LogP contribution in [0.5, 0.6) is 0 Å². The van der Waals surface area contributed by atoms with E-state index < -0.39 is 47.2 Å². The highest BCUT2D eigenvalue weighted by atomic mass is 16.7. The number of aldehydes is 1. The van der Waals surface area contributed by atoms with Gasteiger partial charge >= 0.3 is 11.9 Å². The third-order valence-electron chi connectivity index (χ3n) is 6.29. The standard InChI is InChI=1S/C20H22O7/c1-9-14-13(25-18(23)20(4)10(2)27-20)7-11(8-21)12-5-6-19(3,24)15(12)16(14)26-17(9)22/h5-6,8,10,13-16,24H,1,7H2,2-4H3/t10-,13-,14-,15+,16+,19+,20-/m1/s1. The first-order valence-corrected chi connectivity index (χ1v) is 8.98. The Morgan fingerprint density at radius 3 is 2.70 bits per heavy atom. The zero-order chi connectivity index (χ0) is 19.7. The number of carbonyl (C=O) groups excluding carboxylic acids is 3. The van der Waals surface area contributed by atoms with Crippen LogP contribution in [-0.4, -0.2) is 52.8 Å². The van der Waals surface area contributed by atoms with E-state index in [1.807, 2.05) is 0 Å². The fraction of sp³-hybridized carbons (Fsp3) is 0.550. The lowest BCUT2D eigenvalue weighted by atomic mass is 9.78. The van der Waals surface area contributed by atoms with Crippen LogP contribution in [0.2, 0.25) is 0 Å². The van der Waals surface area contributed by atoms with Crippen molar-refractivity contribution in [2.45, 2.75) is 56.7 Å². The van der Waals surface area contributed by atoms with Gasteiger partial charge in [0.05, 0.1) is 23.5 Å². The second-order valence-corrected chi connectivity index (χ2v) is 8.07. The number of ether oxygens (including phenoxy) is 3. The number of hydrogen-bond acceptors (Lipinski definition) is 7. The molecule has 7 nitrogen and oxygen atoms in total. The molecule has 0 amide bonds. The number of esters is 2. The van der Waals surface area contributed by atoms with E-state index in [-0.39, 0.29) is 18.1 Å². The van der Waals surface area contributed by atoms with E-state index in [0.29, 0.717) is 17.4 Å². The molecule has 7 heteroatoms. The van der Waals surface area contributed by atoms with Crippen molar-refractivity contribution in [3.63, 3.8) is 0 Å². The number of epoxide rings is 1. The molecule has 1 N–H and O–H groups in total. The summed E-state index contributed by atoms with van der Waals surface area (Å²) in [5.74, 6) is -2.40. The molecule has 2 aliphatic carbocycles. The molecule has 0 spiro atoms. The van der Waals surface area contributed by atoms with E-state index in [9.17, 15) is 19.5 Å². The Hall–Kier alpha value is -2.25. The highest BCUT2D eigenvalue weighted by Crippen LogP contribution is 2.50. The Bertz CT molecular complexity index is 820. The van der Waals surface area contributed by atoms with E-state index in [0.717, 1.165) is 0 Å². The van der Waals surface area contributed by atoms with Gasteiger partial charge in [-0.25, -0.2) is 9.59 Å². The smallest absolute Gasteiger partial charge is 0.341 e. The van der Waals surface area contributed by atoms with E-state index in [4.69, 9.17) is 14.2 Å². The molecule has 144 valence electrons. The molecule has 0 bridgehead atoms. The van der Waals surface area contributed by atoms with Crippen LogP contribution in [0.4, 0.5) is 0 Å². The van der Waals surface area contributed by atoms with Gasteiger partial charge in [-0.15, -0.1) is 0 Å². The zero-order valence-corrected chi connectivity index (χ0v) is 15.4. The van der Waals surface area contributed by atoms with Crippen molar-refractivity contribution in [3.8, 4) is 0 Å². The topological polar surface area (TPSA) is 102 Å². The molecule has 2 heterocycles. The highest BCUT2D eigenvalue weighted by Gasteiger charge is 2.60. The first kappa shape index (κ1) is 18.1. The van der Waals surface area contributed by atoms with Gasteiger partial charge in [-0.05, 0) is 31.9 Å². The van der Waals surface area contributed by atoms with Crippen molar-refractivity contribution in [1.82, 2.24) is 0 Å². The number of carbonyl (C=O) groups is 3. The Labute approximate surface area is 156 Å². The Morgan fingerprint density at radius 2 is 2.11 bits per heavy atom. The van der Waals surface area contributed by atoms with Gasteiger partial charge in [-0.3, -0.25) is 4.79 Å². The van der Waals surface area contributed by atoms with Crippen molar-refractivity contribution in [1.29, 1.82) is 0 Å². The lowest BCUT2D eigenvalue weighted by Gasteiger charge is -2.33. The minimum Gasteiger partial charge on any atom is -0.459 e. The molecule has 2 saturated heterocycles. The predicted octanol–water partition coefficient (Wildman–Crippen LogP) is 1.01. The van der Waals surface area contributed by atoms with Crippen molar-refractivity contribution < 1.29 is 33.7 Å². The Kier molecular flexibility index (Phi) is 3.78. The number of hydrogen-bond donors (Lipinski definition) is 1. The van der Waals surface area contributed by atoms with Crippen LogP contribution in [-0.2, 0) is 28.6 Å². The molecule has 4 aliphatic rings. The van der Waals surface area contributed by atoms with Gasteiger partial charge in [0, 0.05) is 12.0 Å². The molecule has 27 heavy (non-hydrogen) atoms. The van der Waals surface area contributed by atoms with Crippen LogP contribution in [0.25, 0.3) is 0 Å². The van der Waals surface area contributed by atoms with E-state index in [1.54, 1.807) is 32.9 Å². The van der Waals surface area contributed by atoms with Gasteiger partial charge in [0.2, 0.25) is 0 Å². The molecule has 4 rings (SSSR count). The first-order chi connectivity index (χ1) is 12.6. The maximum Gasteiger partial charge on any atom is 0.341 e. The van der Waals surface area contributed by atoms with Gasteiger partial charge in [0.1, 0.15) is 18.5 Å². The highest BCUT2D eigenvalue weighted by molar-refractivity contribution is 5.92. The third kappa shape index (κ3) is 2.52. The number of allylic oxidation sites excluding steroid dienone is 1. The molecule has 0 saturated carbocycles. The van der Waals surface area contributed by atoms with Gasteiger partial charge in [-0.1, -0.05) is 18.7 Å². The van der Waals surface area contributed by atoms with E-state index in [1.165, 1.54) is 0 Å². The van der Waals surface area contributed by atoms with Crippen molar-refractivity contribution >= 4 is 18.2 Å². The van der Waals surface area contributed by atoms with Crippen LogP contribution in [0.15, 0.2) is 35.5 Å². The van der Waals surface area contributed by atoms with Gasteiger partial charge in [-0.2, -0.15) is 0 Å². The molecular weight excluding hydrogens is 352 g/mol. The molecule has 0 aromatic heterocycles. The molecule has 2 fully saturated rings. The largest absolute Gasteiger partial charge is 0.459 e.